The number of hydrogen-bond acceptors (Lipinski definition) is 2. The minimum Gasteiger partial charge on any atom is -0.243 e. The smallest absolute Gasteiger partial charge is 0.113 e. The predicted octanol–water partition coefficient (Wildman–Crippen LogP) is 3.16. The number of hydrogen-bond donors (Lipinski definition) is 0. The summed E-state index contributed by atoms with van der Waals surface area (Å²) in [5.74, 6) is 0. The molecule has 72 valence electrons. The predicted molar refractivity (Wildman–Crippen MR) is 60.3 cm³/mol. The zero-order chi connectivity index (χ0) is 9.84. The van der Waals surface area contributed by atoms with Crippen LogP contribution >= 0.6 is 10.8 Å². The molecule has 0 saturated carbocycles. The van der Waals surface area contributed by atoms with E-state index in [1.165, 1.54) is 16.4 Å². The first-order chi connectivity index (χ1) is 6.09. The third kappa shape index (κ3) is 3.53. The highest BCUT2D eigenvalue weighted by molar-refractivity contribution is 8.69. The number of aryl methyl sites for hydroxylation is 1. The molecule has 0 amide bonds. The summed E-state index contributed by atoms with van der Waals surface area (Å²) < 4.78 is 11.6. The Bertz CT molecular complexity index is 290. The average Bonchev–Trinajstić information content (AvgIpc) is 2.04. The standard InChI is InChI=1S/C10H14OS2/c1-8(2)12-13(11)10-6-4-9(3)5-7-10/h4-8H,1-3H3/t13-/m0/s1. The Morgan fingerprint density at radius 1 is 1.23 bits per heavy atom. The molecule has 3 heteroatoms. The van der Waals surface area contributed by atoms with Crippen LogP contribution in [0.25, 0.3) is 0 Å². The van der Waals surface area contributed by atoms with Gasteiger partial charge in [-0.1, -0.05) is 42.3 Å². The quantitative estimate of drug-likeness (QED) is 0.719. The fourth-order valence-electron chi connectivity index (χ4n) is 0.880. The SMILES string of the molecule is Cc1ccc([S@@](=O)SC(C)C)cc1. The molecule has 0 aromatic heterocycles. The Morgan fingerprint density at radius 2 is 1.77 bits per heavy atom. The van der Waals surface area contributed by atoms with Gasteiger partial charge in [-0.2, -0.15) is 0 Å². The Balaban J connectivity index is 2.72. The minimum atomic E-state index is -0.905. The largest absolute Gasteiger partial charge is 0.243 e. The molecule has 0 unspecified atom stereocenters. The number of benzene rings is 1. The van der Waals surface area contributed by atoms with Gasteiger partial charge in [-0.3, -0.25) is 0 Å². The Hall–Kier alpha value is -0.280. The lowest BCUT2D eigenvalue weighted by Gasteiger charge is -2.04. The molecule has 0 aliphatic carbocycles. The van der Waals surface area contributed by atoms with Gasteiger partial charge in [-0.05, 0) is 19.1 Å². The Kier molecular flexibility index (Phi) is 4.00. The topological polar surface area (TPSA) is 17.1 Å². The van der Waals surface area contributed by atoms with Crippen LogP contribution in [0.2, 0.25) is 0 Å². The molecule has 0 bridgehead atoms. The van der Waals surface area contributed by atoms with E-state index >= 15 is 0 Å². The van der Waals surface area contributed by atoms with E-state index < -0.39 is 9.83 Å². The normalized spacial score (nSPS) is 13.2. The molecule has 1 atom stereocenters. The molecular weight excluding hydrogens is 200 g/mol. The second kappa shape index (κ2) is 4.82. The Morgan fingerprint density at radius 3 is 2.23 bits per heavy atom. The van der Waals surface area contributed by atoms with Gasteiger partial charge in [0.2, 0.25) is 0 Å². The molecule has 1 nitrogen and oxygen atoms in total. The average molecular weight is 214 g/mol. The summed E-state index contributed by atoms with van der Waals surface area (Å²) in [5.41, 5.74) is 1.20. The lowest BCUT2D eigenvalue weighted by molar-refractivity contribution is 0.691. The summed E-state index contributed by atoms with van der Waals surface area (Å²) in [4.78, 5) is 0.907. The van der Waals surface area contributed by atoms with Crippen molar-refractivity contribution in [3.63, 3.8) is 0 Å². The fraction of sp³-hybridized carbons (Fsp3) is 0.400. The van der Waals surface area contributed by atoms with Gasteiger partial charge >= 0.3 is 0 Å². The molecule has 1 aromatic carbocycles. The van der Waals surface area contributed by atoms with Gasteiger partial charge in [0.25, 0.3) is 0 Å². The van der Waals surface area contributed by atoms with Gasteiger partial charge in [0, 0.05) is 10.1 Å². The van der Waals surface area contributed by atoms with Crippen LogP contribution in [0.5, 0.6) is 0 Å². The molecule has 0 saturated heterocycles. The van der Waals surface area contributed by atoms with Crippen molar-refractivity contribution >= 4 is 20.6 Å². The van der Waals surface area contributed by atoms with Gasteiger partial charge in [0.05, 0.1) is 0 Å². The first kappa shape index (κ1) is 10.8. The highest BCUT2D eigenvalue weighted by Crippen LogP contribution is 2.22. The van der Waals surface area contributed by atoms with Crippen LogP contribution in [0.3, 0.4) is 0 Å². The zero-order valence-electron chi connectivity index (χ0n) is 8.11. The molecule has 0 heterocycles. The molecule has 0 aliphatic rings. The molecule has 0 fully saturated rings. The highest BCUT2D eigenvalue weighted by Gasteiger charge is 2.06. The van der Waals surface area contributed by atoms with Gasteiger partial charge in [-0.15, -0.1) is 0 Å². The van der Waals surface area contributed by atoms with Gasteiger partial charge in [0.1, 0.15) is 9.83 Å². The third-order valence-electron chi connectivity index (χ3n) is 1.49. The van der Waals surface area contributed by atoms with Crippen molar-refractivity contribution in [2.24, 2.45) is 0 Å². The van der Waals surface area contributed by atoms with Crippen LogP contribution in [0, 0.1) is 6.92 Å². The lowest BCUT2D eigenvalue weighted by Crippen LogP contribution is -1.92. The third-order valence-corrected chi connectivity index (χ3v) is 4.97. The van der Waals surface area contributed by atoms with Crippen LogP contribution in [0.4, 0.5) is 0 Å². The van der Waals surface area contributed by atoms with E-state index in [2.05, 4.69) is 13.8 Å². The fourth-order valence-corrected chi connectivity index (χ4v) is 3.41. The van der Waals surface area contributed by atoms with E-state index in [0.717, 1.165) is 4.90 Å². The van der Waals surface area contributed by atoms with Crippen molar-refractivity contribution in [3.05, 3.63) is 29.8 Å². The maximum absolute atomic E-state index is 11.6. The summed E-state index contributed by atoms with van der Waals surface area (Å²) in [7, 11) is 0.580. The van der Waals surface area contributed by atoms with Gasteiger partial charge < -0.3 is 0 Å². The summed E-state index contributed by atoms with van der Waals surface area (Å²) >= 11 is 0. The summed E-state index contributed by atoms with van der Waals surface area (Å²) in [5, 5.41) is 0.405. The zero-order valence-corrected chi connectivity index (χ0v) is 9.74. The van der Waals surface area contributed by atoms with Crippen molar-refractivity contribution in [2.75, 3.05) is 0 Å². The van der Waals surface area contributed by atoms with Crippen LogP contribution < -0.4 is 0 Å². The van der Waals surface area contributed by atoms with Crippen LogP contribution in [-0.2, 0) is 9.83 Å². The number of rotatable bonds is 3. The molecule has 1 rings (SSSR count). The van der Waals surface area contributed by atoms with Gasteiger partial charge in [0.15, 0.2) is 0 Å². The molecular formula is C10H14OS2. The van der Waals surface area contributed by atoms with Crippen LogP contribution in [0.1, 0.15) is 19.4 Å². The minimum absolute atomic E-state index is 0.405. The van der Waals surface area contributed by atoms with E-state index in [1.54, 1.807) is 0 Å². The van der Waals surface area contributed by atoms with Crippen LogP contribution in [-0.4, -0.2) is 9.46 Å². The van der Waals surface area contributed by atoms with Crippen molar-refractivity contribution in [1.82, 2.24) is 0 Å². The second-order valence-electron chi connectivity index (χ2n) is 3.19. The summed E-state index contributed by atoms with van der Waals surface area (Å²) in [6, 6.07) is 7.85. The van der Waals surface area contributed by atoms with Crippen molar-refractivity contribution < 1.29 is 4.21 Å². The monoisotopic (exact) mass is 214 g/mol. The van der Waals surface area contributed by atoms with E-state index in [9.17, 15) is 4.21 Å². The molecule has 1 aromatic rings. The van der Waals surface area contributed by atoms with Crippen molar-refractivity contribution in [2.45, 2.75) is 30.9 Å². The van der Waals surface area contributed by atoms with E-state index in [0.29, 0.717) is 5.25 Å². The second-order valence-corrected chi connectivity index (χ2v) is 6.75. The first-order valence-corrected chi connectivity index (χ1v) is 6.80. The molecule has 0 N–H and O–H groups in total. The maximum atomic E-state index is 11.6. The molecule has 13 heavy (non-hydrogen) atoms. The van der Waals surface area contributed by atoms with Crippen molar-refractivity contribution in [1.29, 1.82) is 0 Å². The van der Waals surface area contributed by atoms with E-state index in [1.807, 2.05) is 31.2 Å². The molecule has 0 spiro atoms. The summed E-state index contributed by atoms with van der Waals surface area (Å²) in [6.07, 6.45) is 0. The molecule has 0 aliphatic heterocycles. The lowest BCUT2D eigenvalue weighted by atomic mass is 10.2. The summed E-state index contributed by atoms with van der Waals surface area (Å²) in [6.45, 7) is 6.13. The highest BCUT2D eigenvalue weighted by atomic mass is 33.1. The van der Waals surface area contributed by atoms with E-state index in [-0.39, 0.29) is 0 Å². The maximum Gasteiger partial charge on any atom is 0.113 e. The molecule has 0 radical (unpaired) electrons. The first-order valence-electron chi connectivity index (χ1n) is 4.25. The van der Waals surface area contributed by atoms with Gasteiger partial charge in [-0.25, -0.2) is 4.21 Å². The van der Waals surface area contributed by atoms with Crippen LogP contribution in [0.15, 0.2) is 29.2 Å². The van der Waals surface area contributed by atoms with Crippen molar-refractivity contribution in [3.8, 4) is 0 Å². The Labute approximate surface area is 85.8 Å². The van der Waals surface area contributed by atoms with E-state index in [4.69, 9.17) is 0 Å².